The van der Waals surface area contributed by atoms with Crippen molar-refractivity contribution in [1.82, 2.24) is 9.88 Å². The minimum absolute atomic E-state index is 0.730. The van der Waals surface area contributed by atoms with Crippen LogP contribution in [0.3, 0.4) is 0 Å². The summed E-state index contributed by atoms with van der Waals surface area (Å²) < 4.78 is 7.74. The fraction of sp³-hybridized carbons (Fsp3) is 0.529. The summed E-state index contributed by atoms with van der Waals surface area (Å²) in [7, 11) is 0. The molecule has 2 aromatic rings. The first kappa shape index (κ1) is 14.9. The third-order valence-electron chi connectivity index (χ3n) is 3.98. The summed E-state index contributed by atoms with van der Waals surface area (Å²) in [5.41, 5.74) is 2.59. The molecule has 0 aliphatic heterocycles. The van der Waals surface area contributed by atoms with Crippen LogP contribution in [0.2, 0.25) is 5.02 Å². The molecule has 1 aromatic carbocycles. The average Bonchev–Trinajstić information content (AvgIpc) is 3.25. The van der Waals surface area contributed by atoms with Crippen molar-refractivity contribution in [2.24, 2.45) is 0 Å². The van der Waals surface area contributed by atoms with Gasteiger partial charge in [0, 0.05) is 54.5 Å². The van der Waals surface area contributed by atoms with Crippen molar-refractivity contribution in [3.8, 4) is 0 Å². The van der Waals surface area contributed by atoms with E-state index in [1.165, 1.54) is 29.3 Å². The van der Waals surface area contributed by atoms with E-state index in [0.29, 0.717) is 0 Å². The molecular formula is C17H23ClN2O. The molecule has 1 fully saturated rings. The number of nitrogens with zero attached hydrogens (tertiary/aromatic N) is 1. The highest BCUT2D eigenvalue weighted by Crippen LogP contribution is 2.26. The van der Waals surface area contributed by atoms with Gasteiger partial charge in [-0.25, -0.2) is 0 Å². The molecule has 0 radical (unpaired) electrons. The lowest BCUT2D eigenvalue weighted by atomic mass is 10.2. The van der Waals surface area contributed by atoms with Gasteiger partial charge in [0.1, 0.15) is 0 Å². The minimum Gasteiger partial charge on any atom is -0.382 e. The Morgan fingerprint density at radius 2 is 2.24 bits per heavy atom. The summed E-state index contributed by atoms with van der Waals surface area (Å²) in [5.74, 6) is 0. The zero-order valence-electron chi connectivity index (χ0n) is 12.6. The van der Waals surface area contributed by atoms with Crippen LogP contribution in [0.25, 0.3) is 10.9 Å². The first-order valence-electron chi connectivity index (χ1n) is 7.86. The molecule has 0 spiro atoms. The first-order chi connectivity index (χ1) is 10.3. The van der Waals surface area contributed by atoms with Crippen LogP contribution >= 0.6 is 11.6 Å². The Morgan fingerprint density at radius 1 is 1.38 bits per heavy atom. The summed E-state index contributed by atoms with van der Waals surface area (Å²) in [5, 5.41) is 5.71. The second kappa shape index (κ2) is 6.82. The Kier molecular flexibility index (Phi) is 4.84. The second-order valence-electron chi connectivity index (χ2n) is 5.71. The van der Waals surface area contributed by atoms with Crippen LogP contribution < -0.4 is 5.32 Å². The maximum Gasteiger partial charge on any atom is 0.0498 e. The van der Waals surface area contributed by atoms with E-state index in [2.05, 4.69) is 28.2 Å². The summed E-state index contributed by atoms with van der Waals surface area (Å²) >= 11 is 6.17. The Hall–Kier alpha value is -1.03. The van der Waals surface area contributed by atoms with Crippen LogP contribution in [0.15, 0.2) is 24.4 Å². The Labute approximate surface area is 131 Å². The number of hydrogen-bond donors (Lipinski definition) is 1. The van der Waals surface area contributed by atoms with Crippen LogP contribution in [0.1, 0.15) is 31.7 Å². The molecule has 0 unspecified atom stereocenters. The highest BCUT2D eigenvalue weighted by atomic mass is 35.5. The van der Waals surface area contributed by atoms with Crippen LogP contribution in [0, 0.1) is 0 Å². The molecule has 0 bridgehead atoms. The first-order valence-corrected chi connectivity index (χ1v) is 8.24. The molecule has 4 heteroatoms. The highest BCUT2D eigenvalue weighted by molar-refractivity contribution is 6.31. The van der Waals surface area contributed by atoms with Crippen LogP contribution in [0.5, 0.6) is 0 Å². The van der Waals surface area contributed by atoms with Crippen LogP contribution in [0.4, 0.5) is 0 Å². The van der Waals surface area contributed by atoms with Crippen LogP contribution in [-0.2, 0) is 17.8 Å². The maximum atomic E-state index is 6.17. The number of fused-ring (bicyclic) bond motifs is 1. The van der Waals surface area contributed by atoms with Gasteiger partial charge in [-0.15, -0.1) is 0 Å². The molecule has 1 aromatic heterocycles. The van der Waals surface area contributed by atoms with Crippen molar-refractivity contribution in [2.75, 3.05) is 13.2 Å². The molecule has 1 aliphatic rings. The van der Waals surface area contributed by atoms with Gasteiger partial charge in [-0.2, -0.15) is 0 Å². The molecule has 1 saturated carbocycles. The van der Waals surface area contributed by atoms with Gasteiger partial charge < -0.3 is 14.6 Å². The number of halogens is 1. The monoisotopic (exact) mass is 306 g/mol. The smallest absolute Gasteiger partial charge is 0.0498 e. The number of ether oxygens (including phenoxy) is 1. The normalized spacial score (nSPS) is 15.0. The van der Waals surface area contributed by atoms with Gasteiger partial charge in [-0.3, -0.25) is 0 Å². The lowest BCUT2D eigenvalue weighted by Crippen LogP contribution is -2.14. The maximum absolute atomic E-state index is 6.17. The van der Waals surface area contributed by atoms with Gasteiger partial charge in [-0.05, 0) is 43.9 Å². The number of benzene rings is 1. The Morgan fingerprint density at radius 3 is 3.00 bits per heavy atom. The number of aromatic nitrogens is 1. The third kappa shape index (κ3) is 3.79. The van der Waals surface area contributed by atoms with Gasteiger partial charge in [0.05, 0.1) is 0 Å². The van der Waals surface area contributed by atoms with Crippen molar-refractivity contribution >= 4 is 22.5 Å². The van der Waals surface area contributed by atoms with E-state index in [0.717, 1.165) is 43.8 Å². The fourth-order valence-electron chi connectivity index (χ4n) is 2.69. The summed E-state index contributed by atoms with van der Waals surface area (Å²) in [6.45, 7) is 5.55. The molecular weight excluding hydrogens is 284 g/mol. The van der Waals surface area contributed by atoms with Crippen LogP contribution in [-0.4, -0.2) is 23.8 Å². The highest BCUT2D eigenvalue weighted by Gasteiger charge is 2.20. The molecule has 0 saturated heterocycles. The van der Waals surface area contributed by atoms with Crippen molar-refractivity contribution in [2.45, 2.75) is 45.3 Å². The van der Waals surface area contributed by atoms with Crippen molar-refractivity contribution in [3.05, 3.63) is 35.0 Å². The molecule has 1 aliphatic carbocycles. The zero-order chi connectivity index (χ0) is 14.7. The fourth-order valence-corrected chi connectivity index (χ4v) is 2.86. The predicted octanol–water partition coefficient (Wildman–Crippen LogP) is 3.97. The molecule has 1 heterocycles. The summed E-state index contributed by atoms with van der Waals surface area (Å²) in [6, 6.07) is 6.92. The van der Waals surface area contributed by atoms with Gasteiger partial charge in [-0.1, -0.05) is 17.7 Å². The second-order valence-corrected chi connectivity index (χ2v) is 6.15. The van der Waals surface area contributed by atoms with E-state index in [1.54, 1.807) is 0 Å². The molecule has 3 nitrogen and oxygen atoms in total. The number of rotatable bonds is 8. The van der Waals surface area contributed by atoms with Crippen molar-refractivity contribution < 1.29 is 4.74 Å². The van der Waals surface area contributed by atoms with E-state index in [-0.39, 0.29) is 0 Å². The molecule has 0 atom stereocenters. The van der Waals surface area contributed by atoms with E-state index >= 15 is 0 Å². The summed E-state index contributed by atoms with van der Waals surface area (Å²) in [6.07, 6.45) is 5.93. The minimum atomic E-state index is 0.730. The quantitative estimate of drug-likeness (QED) is 0.747. The van der Waals surface area contributed by atoms with Crippen molar-refractivity contribution in [3.63, 3.8) is 0 Å². The Bertz CT molecular complexity index is 604. The summed E-state index contributed by atoms with van der Waals surface area (Å²) in [4.78, 5) is 0. The predicted molar refractivity (Wildman–Crippen MR) is 87.9 cm³/mol. The molecule has 1 N–H and O–H groups in total. The van der Waals surface area contributed by atoms with Crippen molar-refractivity contribution in [1.29, 1.82) is 0 Å². The van der Waals surface area contributed by atoms with Gasteiger partial charge in [0.15, 0.2) is 0 Å². The Balaban J connectivity index is 1.77. The molecule has 21 heavy (non-hydrogen) atoms. The topological polar surface area (TPSA) is 26.2 Å². The SMILES string of the molecule is CCOCCCn1cc(CNC2CC2)c2ccc(Cl)cc21. The lowest BCUT2D eigenvalue weighted by Gasteiger charge is -2.05. The molecule has 0 amide bonds. The van der Waals surface area contributed by atoms with Gasteiger partial charge in [0.25, 0.3) is 0 Å². The van der Waals surface area contributed by atoms with Gasteiger partial charge in [0.2, 0.25) is 0 Å². The van der Waals surface area contributed by atoms with Gasteiger partial charge >= 0.3 is 0 Å². The van der Waals surface area contributed by atoms with E-state index in [9.17, 15) is 0 Å². The largest absolute Gasteiger partial charge is 0.382 e. The third-order valence-corrected chi connectivity index (χ3v) is 4.21. The average molecular weight is 307 g/mol. The van der Waals surface area contributed by atoms with E-state index in [1.807, 2.05) is 13.0 Å². The molecule has 3 rings (SSSR count). The zero-order valence-corrected chi connectivity index (χ0v) is 13.3. The molecule has 114 valence electrons. The number of nitrogens with one attached hydrogen (secondary N) is 1. The standard InChI is InChI=1S/C17H23ClN2O/c1-2-21-9-3-8-20-12-13(11-19-15-5-6-15)16-7-4-14(18)10-17(16)20/h4,7,10,12,15,19H,2-3,5-6,8-9,11H2,1H3. The number of hydrogen-bond acceptors (Lipinski definition) is 2. The van der Waals surface area contributed by atoms with E-state index < -0.39 is 0 Å². The van der Waals surface area contributed by atoms with E-state index in [4.69, 9.17) is 16.3 Å². The number of aryl methyl sites for hydroxylation is 1. The lowest BCUT2D eigenvalue weighted by molar-refractivity contribution is 0.142.